The van der Waals surface area contributed by atoms with Crippen LogP contribution in [-0.4, -0.2) is 18.7 Å². The second kappa shape index (κ2) is 8.37. The number of hydrazone groups is 1. The van der Waals surface area contributed by atoms with E-state index in [2.05, 4.69) is 10.5 Å². The summed E-state index contributed by atoms with van der Waals surface area (Å²) in [6.07, 6.45) is 1.04. The van der Waals surface area contributed by atoms with Crippen molar-refractivity contribution >= 4 is 12.1 Å². The predicted octanol–water partition coefficient (Wildman–Crippen LogP) is 3.93. The summed E-state index contributed by atoms with van der Waals surface area (Å²) in [6.45, 7) is 5.78. The fourth-order valence-electron chi connectivity index (χ4n) is 2.21. The number of ether oxygens (including phenoxy) is 1. The number of rotatable bonds is 6. The summed E-state index contributed by atoms with van der Waals surface area (Å²) in [5.74, 6) is -1.58. The largest absolute Gasteiger partial charge is 0.483 e. The smallest absolute Gasteiger partial charge is 0.277 e. The second-order valence-corrected chi connectivity index (χ2v) is 5.92. The van der Waals surface area contributed by atoms with Crippen LogP contribution in [0.2, 0.25) is 0 Å². The van der Waals surface area contributed by atoms with E-state index in [0.29, 0.717) is 5.75 Å². The molecule has 0 spiro atoms. The Morgan fingerprint density at radius 1 is 1.28 bits per heavy atom. The van der Waals surface area contributed by atoms with Crippen LogP contribution in [0, 0.1) is 18.6 Å². The number of hydrogen-bond donors (Lipinski definition) is 1. The van der Waals surface area contributed by atoms with E-state index in [0.717, 1.165) is 23.4 Å². The summed E-state index contributed by atoms with van der Waals surface area (Å²) in [7, 11) is 0. The van der Waals surface area contributed by atoms with Crippen molar-refractivity contribution in [3.05, 3.63) is 64.7 Å². The molecule has 1 amide bonds. The van der Waals surface area contributed by atoms with E-state index in [9.17, 15) is 13.6 Å². The molecule has 1 N–H and O–H groups in total. The third-order valence-corrected chi connectivity index (χ3v) is 3.52. The topological polar surface area (TPSA) is 50.7 Å². The Morgan fingerprint density at radius 3 is 2.76 bits per heavy atom. The molecule has 0 aliphatic carbocycles. The molecule has 0 radical (unpaired) electrons. The summed E-state index contributed by atoms with van der Waals surface area (Å²) in [4.78, 5) is 11.8. The van der Waals surface area contributed by atoms with E-state index >= 15 is 0 Å². The average molecular weight is 346 g/mol. The molecule has 0 saturated heterocycles. The van der Waals surface area contributed by atoms with Gasteiger partial charge in [0.15, 0.2) is 18.2 Å². The number of nitrogens with zero attached hydrogens (tertiary/aromatic N) is 1. The maximum Gasteiger partial charge on any atom is 0.277 e. The van der Waals surface area contributed by atoms with Gasteiger partial charge in [0, 0.05) is 5.56 Å². The fraction of sp³-hybridized carbons (Fsp3) is 0.263. The lowest BCUT2D eigenvalue weighted by Gasteiger charge is -2.14. The van der Waals surface area contributed by atoms with Crippen molar-refractivity contribution in [2.45, 2.75) is 26.7 Å². The molecule has 0 saturated carbocycles. The maximum atomic E-state index is 13.4. The van der Waals surface area contributed by atoms with Gasteiger partial charge in [0.2, 0.25) is 0 Å². The number of benzene rings is 2. The molecule has 0 bridgehead atoms. The zero-order valence-corrected chi connectivity index (χ0v) is 14.3. The first-order valence-electron chi connectivity index (χ1n) is 7.87. The molecule has 0 unspecified atom stereocenters. The number of amides is 1. The zero-order valence-electron chi connectivity index (χ0n) is 14.3. The van der Waals surface area contributed by atoms with Crippen molar-refractivity contribution in [1.29, 1.82) is 0 Å². The van der Waals surface area contributed by atoms with Gasteiger partial charge >= 0.3 is 0 Å². The summed E-state index contributed by atoms with van der Waals surface area (Å²) in [5.41, 5.74) is 4.20. The van der Waals surface area contributed by atoms with Gasteiger partial charge < -0.3 is 4.74 Å². The third-order valence-electron chi connectivity index (χ3n) is 3.52. The number of aryl methyl sites for hydroxylation is 1. The Morgan fingerprint density at radius 2 is 2.04 bits per heavy atom. The molecule has 0 aliphatic rings. The molecule has 0 aliphatic heterocycles. The van der Waals surface area contributed by atoms with E-state index < -0.39 is 17.5 Å². The summed E-state index contributed by atoms with van der Waals surface area (Å²) < 4.78 is 32.1. The molecule has 6 heteroatoms. The highest BCUT2D eigenvalue weighted by atomic mass is 19.2. The van der Waals surface area contributed by atoms with Crippen molar-refractivity contribution in [1.82, 2.24) is 5.43 Å². The first kappa shape index (κ1) is 18.6. The third kappa shape index (κ3) is 5.11. The van der Waals surface area contributed by atoms with Crippen molar-refractivity contribution in [3.63, 3.8) is 0 Å². The van der Waals surface area contributed by atoms with Crippen LogP contribution in [0.3, 0.4) is 0 Å². The Hall–Kier alpha value is -2.76. The Balaban J connectivity index is 1.94. The number of nitrogens with one attached hydrogen (secondary N) is 1. The van der Waals surface area contributed by atoms with Crippen LogP contribution in [0.15, 0.2) is 41.5 Å². The molecule has 132 valence electrons. The van der Waals surface area contributed by atoms with Crippen LogP contribution in [0.4, 0.5) is 8.78 Å². The van der Waals surface area contributed by atoms with E-state index in [1.165, 1.54) is 12.1 Å². The van der Waals surface area contributed by atoms with Crippen LogP contribution < -0.4 is 10.2 Å². The first-order valence-corrected chi connectivity index (χ1v) is 7.87. The molecule has 0 aromatic heterocycles. The minimum Gasteiger partial charge on any atom is -0.483 e. The van der Waals surface area contributed by atoms with E-state index in [1.54, 1.807) is 0 Å². The monoisotopic (exact) mass is 346 g/mol. The number of hydrogen-bond acceptors (Lipinski definition) is 3. The Bertz CT molecular complexity index is 789. The summed E-state index contributed by atoms with van der Waals surface area (Å²) in [5, 5.41) is 3.62. The summed E-state index contributed by atoms with van der Waals surface area (Å²) in [6, 6.07) is 9.54. The number of halogens is 2. The van der Waals surface area contributed by atoms with E-state index in [-0.39, 0.29) is 18.1 Å². The van der Waals surface area contributed by atoms with Crippen molar-refractivity contribution < 1.29 is 18.3 Å². The molecular formula is C19H20F2N2O2. The van der Waals surface area contributed by atoms with Crippen LogP contribution in [-0.2, 0) is 4.79 Å². The van der Waals surface area contributed by atoms with Gasteiger partial charge in [-0.05, 0) is 36.1 Å². The van der Waals surface area contributed by atoms with E-state index in [1.807, 2.05) is 39.0 Å². The molecule has 25 heavy (non-hydrogen) atoms. The SMILES string of the molecule is Cc1ccc(C(C)C)c(OCC(=O)N/N=C/c2cccc(F)c2F)c1. The molecule has 2 aromatic carbocycles. The Labute approximate surface area is 145 Å². The van der Waals surface area contributed by atoms with Crippen LogP contribution in [0.5, 0.6) is 5.75 Å². The second-order valence-electron chi connectivity index (χ2n) is 5.92. The zero-order chi connectivity index (χ0) is 18.4. The molecule has 0 atom stereocenters. The summed E-state index contributed by atoms with van der Waals surface area (Å²) >= 11 is 0. The van der Waals surface area contributed by atoms with Gasteiger partial charge in [-0.25, -0.2) is 14.2 Å². The molecule has 0 fully saturated rings. The molecule has 2 aromatic rings. The number of carbonyl (C=O) groups is 1. The normalized spacial score (nSPS) is 11.1. The lowest BCUT2D eigenvalue weighted by atomic mass is 10.0. The lowest BCUT2D eigenvalue weighted by molar-refractivity contribution is -0.123. The standard InChI is InChI=1S/C19H20F2N2O2/c1-12(2)15-8-7-13(3)9-17(15)25-11-18(24)23-22-10-14-5-4-6-16(20)19(14)21/h4-10,12H,11H2,1-3H3,(H,23,24)/b22-10+. The van der Waals surface area contributed by atoms with Gasteiger partial charge in [0.25, 0.3) is 5.91 Å². The first-order chi connectivity index (χ1) is 11.9. The van der Waals surface area contributed by atoms with Crippen LogP contribution in [0.25, 0.3) is 0 Å². The maximum absolute atomic E-state index is 13.4. The highest BCUT2D eigenvalue weighted by Crippen LogP contribution is 2.27. The lowest BCUT2D eigenvalue weighted by Crippen LogP contribution is -2.25. The van der Waals surface area contributed by atoms with Gasteiger partial charge in [0.1, 0.15) is 5.75 Å². The van der Waals surface area contributed by atoms with Gasteiger partial charge in [-0.2, -0.15) is 5.10 Å². The van der Waals surface area contributed by atoms with Crippen molar-refractivity contribution in [3.8, 4) is 5.75 Å². The van der Waals surface area contributed by atoms with Gasteiger partial charge in [0.05, 0.1) is 6.21 Å². The molecule has 4 nitrogen and oxygen atoms in total. The van der Waals surface area contributed by atoms with E-state index in [4.69, 9.17) is 4.74 Å². The fourth-order valence-corrected chi connectivity index (χ4v) is 2.21. The molecule has 0 heterocycles. The minimum atomic E-state index is -1.02. The predicted molar refractivity (Wildman–Crippen MR) is 92.9 cm³/mol. The van der Waals surface area contributed by atoms with Crippen molar-refractivity contribution in [2.75, 3.05) is 6.61 Å². The highest BCUT2D eigenvalue weighted by Gasteiger charge is 2.10. The highest BCUT2D eigenvalue weighted by molar-refractivity contribution is 5.83. The molecular weight excluding hydrogens is 326 g/mol. The Kier molecular flexibility index (Phi) is 6.22. The van der Waals surface area contributed by atoms with Crippen LogP contribution >= 0.6 is 0 Å². The van der Waals surface area contributed by atoms with Crippen LogP contribution in [0.1, 0.15) is 36.5 Å². The molecule has 2 rings (SSSR count). The van der Waals surface area contributed by atoms with Crippen molar-refractivity contribution in [2.24, 2.45) is 5.10 Å². The quantitative estimate of drug-likeness (QED) is 0.636. The van der Waals surface area contributed by atoms with Gasteiger partial charge in [-0.3, -0.25) is 4.79 Å². The van der Waals surface area contributed by atoms with Gasteiger partial charge in [-0.1, -0.05) is 38.1 Å². The minimum absolute atomic E-state index is 0.0537. The number of carbonyl (C=O) groups excluding carboxylic acids is 1. The van der Waals surface area contributed by atoms with Gasteiger partial charge in [-0.15, -0.1) is 0 Å². The average Bonchev–Trinajstić information content (AvgIpc) is 2.56.